The van der Waals surface area contributed by atoms with Crippen molar-refractivity contribution >= 4 is 39.7 Å². The zero-order valence-corrected chi connectivity index (χ0v) is 13.5. The van der Waals surface area contributed by atoms with Crippen LogP contribution in [0.5, 0.6) is 0 Å². The van der Waals surface area contributed by atoms with E-state index in [4.69, 9.17) is 11.5 Å². The monoisotopic (exact) mass is 324 g/mol. The number of hydrogen-bond acceptors (Lipinski definition) is 3. The highest BCUT2D eigenvalue weighted by Crippen LogP contribution is 2.43. The summed E-state index contributed by atoms with van der Waals surface area (Å²) in [5, 5.41) is 1.21. The molecule has 1 amide bonds. The van der Waals surface area contributed by atoms with E-state index < -0.39 is 0 Å². The molecule has 3 nitrogen and oxygen atoms in total. The van der Waals surface area contributed by atoms with Crippen LogP contribution in [0.3, 0.4) is 0 Å². The zero-order valence-electron chi connectivity index (χ0n) is 11.9. The van der Waals surface area contributed by atoms with Crippen LogP contribution in [0.25, 0.3) is 10.1 Å². The summed E-state index contributed by atoms with van der Waals surface area (Å²) < 4.78 is 1.16. The number of rotatable bonds is 3. The van der Waals surface area contributed by atoms with Crippen LogP contribution >= 0.6 is 23.7 Å². The number of halogens is 1. The Labute approximate surface area is 135 Å². The van der Waals surface area contributed by atoms with Gasteiger partial charge in [0.1, 0.15) is 0 Å². The standard InChI is InChI=1S/C16H20N2OS.ClH/c17-9-10-5-7-11(8-6-10)14-12-3-1-2-4-13(12)20-15(14)16(18)19;/h1-4,10-11H,5-9,17H2,(H2,18,19);1H. The Morgan fingerprint density at radius 1 is 1.19 bits per heavy atom. The van der Waals surface area contributed by atoms with Gasteiger partial charge in [-0.2, -0.15) is 0 Å². The molecule has 0 saturated heterocycles. The van der Waals surface area contributed by atoms with Crippen molar-refractivity contribution in [2.24, 2.45) is 17.4 Å². The van der Waals surface area contributed by atoms with Crippen molar-refractivity contribution in [2.75, 3.05) is 6.54 Å². The van der Waals surface area contributed by atoms with Gasteiger partial charge < -0.3 is 11.5 Å². The van der Waals surface area contributed by atoms with Crippen molar-refractivity contribution in [2.45, 2.75) is 31.6 Å². The first-order valence-electron chi connectivity index (χ1n) is 7.22. The Bertz CT molecular complexity index is 632. The summed E-state index contributed by atoms with van der Waals surface area (Å²) in [6.07, 6.45) is 4.54. The third kappa shape index (κ3) is 3.07. The third-order valence-corrected chi connectivity index (χ3v) is 5.65. The van der Waals surface area contributed by atoms with E-state index in [1.54, 1.807) is 0 Å². The molecule has 0 aliphatic heterocycles. The molecule has 0 unspecified atom stereocenters. The lowest BCUT2D eigenvalue weighted by molar-refractivity contribution is 0.100. The van der Waals surface area contributed by atoms with Crippen LogP contribution in [0.2, 0.25) is 0 Å². The van der Waals surface area contributed by atoms with E-state index in [9.17, 15) is 4.79 Å². The van der Waals surface area contributed by atoms with E-state index in [0.717, 1.165) is 41.8 Å². The molecular formula is C16H21ClN2OS. The van der Waals surface area contributed by atoms with E-state index in [2.05, 4.69) is 12.1 Å². The summed E-state index contributed by atoms with van der Waals surface area (Å²) in [5.74, 6) is 0.812. The molecule has 1 aliphatic carbocycles. The minimum Gasteiger partial charge on any atom is -0.365 e. The van der Waals surface area contributed by atoms with Crippen molar-refractivity contribution < 1.29 is 4.79 Å². The molecule has 21 heavy (non-hydrogen) atoms. The minimum absolute atomic E-state index is 0. The Morgan fingerprint density at radius 2 is 1.86 bits per heavy atom. The van der Waals surface area contributed by atoms with E-state index in [1.807, 2.05) is 12.1 Å². The molecule has 114 valence electrons. The van der Waals surface area contributed by atoms with Crippen molar-refractivity contribution in [1.82, 2.24) is 0 Å². The van der Waals surface area contributed by atoms with Gasteiger partial charge in [-0.3, -0.25) is 4.79 Å². The largest absolute Gasteiger partial charge is 0.365 e. The van der Waals surface area contributed by atoms with Crippen LogP contribution in [-0.4, -0.2) is 12.5 Å². The first-order chi connectivity index (χ1) is 9.70. The predicted molar refractivity (Wildman–Crippen MR) is 91.3 cm³/mol. The first kappa shape index (κ1) is 16.3. The highest BCUT2D eigenvalue weighted by Gasteiger charge is 2.27. The number of carbonyl (C=O) groups excluding carboxylic acids is 1. The quantitative estimate of drug-likeness (QED) is 0.904. The molecule has 3 rings (SSSR count). The smallest absolute Gasteiger partial charge is 0.259 e. The molecule has 1 fully saturated rings. The Hall–Kier alpha value is -1.10. The van der Waals surface area contributed by atoms with Crippen LogP contribution in [0.15, 0.2) is 24.3 Å². The van der Waals surface area contributed by atoms with Crippen molar-refractivity contribution in [3.8, 4) is 0 Å². The molecule has 1 saturated carbocycles. The molecule has 2 aromatic rings. The average Bonchev–Trinajstić information content (AvgIpc) is 2.87. The molecule has 1 aliphatic rings. The van der Waals surface area contributed by atoms with Gasteiger partial charge in [-0.05, 0) is 61.1 Å². The molecule has 1 aromatic heterocycles. The van der Waals surface area contributed by atoms with Gasteiger partial charge >= 0.3 is 0 Å². The lowest BCUT2D eigenvalue weighted by Crippen LogP contribution is -2.22. The normalized spacial score (nSPS) is 22.0. The Kier molecular flexibility index (Phi) is 5.25. The molecule has 5 heteroatoms. The van der Waals surface area contributed by atoms with E-state index in [-0.39, 0.29) is 18.3 Å². The highest BCUT2D eigenvalue weighted by atomic mass is 35.5. The molecule has 0 bridgehead atoms. The predicted octanol–water partition coefficient (Wildman–Crippen LogP) is 3.65. The Morgan fingerprint density at radius 3 is 2.48 bits per heavy atom. The van der Waals surface area contributed by atoms with Crippen LogP contribution in [-0.2, 0) is 0 Å². The van der Waals surface area contributed by atoms with Crippen molar-refractivity contribution in [3.63, 3.8) is 0 Å². The second kappa shape index (κ2) is 6.77. The number of thiophene rings is 1. The van der Waals surface area contributed by atoms with Crippen molar-refractivity contribution in [1.29, 1.82) is 0 Å². The molecule has 1 heterocycles. The van der Waals surface area contributed by atoms with Gasteiger partial charge in [0.15, 0.2) is 0 Å². The van der Waals surface area contributed by atoms with Gasteiger partial charge in [0.2, 0.25) is 0 Å². The lowest BCUT2D eigenvalue weighted by Gasteiger charge is -2.28. The fraction of sp³-hybridized carbons (Fsp3) is 0.438. The first-order valence-corrected chi connectivity index (χ1v) is 8.03. The maximum Gasteiger partial charge on any atom is 0.259 e. The summed E-state index contributed by atoms with van der Waals surface area (Å²) >= 11 is 1.53. The summed E-state index contributed by atoms with van der Waals surface area (Å²) in [6, 6.07) is 8.23. The summed E-state index contributed by atoms with van der Waals surface area (Å²) in [4.78, 5) is 12.5. The zero-order chi connectivity index (χ0) is 14.1. The fourth-order valence-electron chi connectivity index (χ4n) is 3.34. The molecule has 0 atom stereocenters. The fourth-order valence-corrected chi connectivity index (χ4v) is 4.48. The van der Waals surface area contributed by atoms with Gasteiger partial charge in [-0.15, -0.1) is 23.7 Å². The maximum atomic E-state index is 11.8. The average molecular weight is 325 g/mol. The number of nitrogens with two attached hydrogens (primary N) is 2. The molecule has 0 radical (unpaired) electrons. The number of primary amides is 1. The topological polar surface area (TPSA) is 69.1 Å². The van der Waals surface area contributed by atoms with Crippen LogP contribution in [0, 0.1) is 5.92 Å². The van der Waals surface area contributed by atoms with Crippen LogP contribution in [0.4, 0.5) is 0 Å². The molecule has 1 aromatic carbocycles. The van der Waals surface area contributed by atoms with Crippen LogP contribution < -0.4 is 11.5 Å². The maximum absolute atomic E-state index is 11.8. The van der Waals surface area contributed by atoms with Gasteiger partial charge in [0.05, 0.1) is 4.88 Å². The summed E-state index contributed by atoms with van der Waals surface area (Å²) in [7, 11) is 0. The second-order valence-corrected chi connectivity index (χ2v) is 6.71. The summed E-state index contributed by atoms with van der Waals surface area (Å²) in [5.41, 5.74) is 12.5. The minimum atomic E-state index is -0.290. The Balaban J connectivity index is 0.00000161. The summed E-state index contributed by atoms with van der Waals surface area (Å²) in [6.45, 7) is 0.778. The number of carbonyl (C=O) groups is 1. The highest BCUT2D eigenvalue weighted by molar-refractivity contribution is 7.21. The van der Waals surface area contributed by atoms with Gasteiger partial charge in [-0.1, -0.05) is 18.2 Å². The number of fused-ring (bicyclic) bond motifs is 1. The van der Waals surface area contributed by atoms with Gasteiger partial charge in [0.25, 0.3) is 5.91 Å². The molecule has 4 N–H and O–H groups in total. The van der Waals surface area contributed by atoms with E-state index in [1.165, 1.54) is 22.3 Å². The number of benzene rings is 1. The third-order valence-electron chi connectivity index (χ3n) is 4.45. The van der Waals surface area contributed by atoms with Gasteiger partial charge in [-0.25, -0.2) is 0 Å². The number of amides is 1. The second-order valence-electron chi connectivity index (χ2n) is 5.66. The van der Waals surface area contributed by atoms with Gasteiger partial charge in [0, 0.05) is 4.70 Å². The lowest BCUT2D eigenvalue weighted by atomic mass is 9.78. The van der Waals surface area contributed by atoms with E-state index >= 15 is 0 Å². The number of hydrogen-bond donors (Lipinski definition) is 2. The molecular weight excluding hydrogens is 304 g/mol. The van der Waals surface area contributed by atoms with E-state index in [0.29, 0.717) is 11.8 Å². The molecule has 0 spiro atoms. The van der Waals surface area contributed by atoms with Crippen molar-refractivity contribution in [3.05, 3.63) is 34.7 Å². The van der Waals surface area contributed by atoms with Crippen LogP contribution in [0.1, 0.15) is 46.8 Å². The SMILES string of the molecule is Cl.NCC1CCC(c2c(C(N)=O)sc3ccccc23)CC1.